The molecule has 42 heavy (non-hydrogen) atoms. The van der Waals surface area contributed by atoms with Crippen LogP contribution < -0.4 is 15.2 Å². The number of phenolic OH excluding ortho intramolecular Hbond substituents is 1. The summed E-state index contributed by atoms with van der Waals surface area (Å²) < 4.78 is 44.0. The molecule has 1 fully saturated rings. The zero-order valence-electron chi connectivity index (χ0n) is 22.9. The van der Waals surface area contributed by atoms with Gasteiger partial charge < -0.3 is 19.7 Å². The molecule has 1 unspecified atom stereocenters. The van der Waals surface area contributed by atoms with Crippen molar-refractivity contribution in [2.45, 2.75) is 38.1 Å². The number of fused-ring (bicyclic) bond motifs is 4. The number of hydrogen-bond acceptors (Lipinski definition) is 5. The highest BCUT2D eigenvalue weighted by molar-refractivity contribution is 5.73. The van der Waals surface area contributed by atoms with E-state index in [1.807, 2.05) is 30.3 Å². The number of aromatic hydroxyl groups is 1. The Balaban J connectivity index is 0.000000451. The number of carbonyl (C=O) groups is 1. The molecule has 3 aromatic carbocycles. The van der Waals surface area contributed by atoms with Crippen LogP contribution in [0.1, 0.15) is 42.1 Å². The molecule has 2 aliphatic heterocycles. The standard InChI is InChI=1S/C31H31NO3.C2HF3O2/c33-29-19-24-20-30(23-11-13-25(14-12-23)34-18-17-32-15-4-1-5-16-32)35-21-28(24)27-10-6-8-22-7-2-3-9-26(22)31(27)29;3-2(4,5)1(6)7/h2-3,6-14,19-20,30,33H,1,4-5,15-18,21H2;(H,6,7). The highest BCUT2D eigenvalue weighted by atomic mass is 19.4. The summed E-state index contributed by atoms with van der Waals surface area (Å²) in [6, 6.07) is 18.3. The van der Waals surface area contributed by atoms with Crippen molar-refractivity contribution in [3.8, 4) is 11.5 Å². The zero-order valence-corrected chi connectivity index (χ0v) is 22.9. The van der Waals surface area contributed by atoms with Gasteiger partial charge in [-0.25, -0.2) is 4.79 Å². The molecule has 9 heteroatoms. The molecule has 6 nitrogen and oxygen atoms in total. The average molecular weight is 580 g/mol. The maximum absolute atomic E-state index is 11.0. The number of phenols is 1. The van der Waals surface area contributed by atoms with Crippen LogP contribution >= 0.6 is 0 Å². The van der Waals surface area contributed by atoms with Crippen molar-refractivity contribution in [2.75, 3.05) is 26.2 Å². The van der Waals surface area contributed by atoms with E-state index in [-0.39, 0.29) is 6.10 Å². The second kappa shape index (κ2) is 12.8. The second-order valence-corrected chi connectivity index (χ2v) is 10.4. The molecule has 3 aromatic rings. The smallest absolute Gasteiger partial charge is 0.490 e. The lowest BCUT2D eigenvalue weighted by Crippen LogP contribution is -2.33. The van der Waals surface area contributed by atoms with Gasteiger partial charge in [0.1, 0.15) is 24.2 Å². The predicted octanol–water partition coefficient (Wildman–Crippen LogP) is 5.04. The van der Waals surface area contributed by atoms with E-state index in [9.17, 15) is 18.3 Å². The molecular formula is C33H32F3NO5. The van der Waals surface area contributed by atoms with Crippen LogP contribution in [0.4, 0.5) is 13.2 Å². The van der Waals surface area contributed by atoms with Crippen LogP contribution in [-0.2, 0) is 16.1 Å². The van der Waals surface area contributed by atoms with Crippen molar-refractivity contribution in [1.82, 2.24) is 4.90 Å². The third-order valence-corrected chi connectivity index (χ3v) is 7.57. The van der Waals surface area contributed by atoms with Gasteiger partial charge in [0.15, 0.2) is 0 Å². The van der Waals surface area contributed by atoms with Crippen molar-refractivity contribution < 1.29 is 37.7 Å². The van der Waals surface area contributed by atoms with Crippen molar-refractivity contribution in [1.29, 1.82) is 0 Å². The van der Waals surface area contributed by atoms with Gasteiger partial charge in [-0.1, -0.05) is 61.0 Å². The number of halogens is 3. The third kappa shape index (κ3) is 6.86. The molecule has 0 aromatic heterocycles. The molecule has 2 heterocycles. The summed E-state index contributed by atoms with van der Waals surface area (Å²) >= 11 is 0. The Morgan fingerprint density at radius 3 is 2.45 bits per heavy atom. The number of alkyl halides is 3. The lowest BCUT2D eigenvalue weighted by atomic mass is 9.96. The first-order chi connectivity index (χ1) is 20.2. The molecule has 1 saturated heterocycles. The fourth-order valence-corrected chi connectivity index (χ4v) is 5.45. The number of ether oxygens (including phenoxy) is 2. The molecule has 0 bridgehead atoms. The number of nitrogens with zero attached hydrogens (tertiary/aromatic N) is 1. The summed E-state index contributed by atoms with van der Waals surface area (Å²) in [4.78, 5) is 11.4. The van der Waals surface area contributed by atoms with E-state index in [0.717, 1.165) is 56.5 Å². The van der Waals surface area contributed by atoms with Crippen molar-refractivity contribution in [3.63, 3.8) is 0 Å². The Morgan fingerprint density at radius 2 is 1.74 bits per heavy atom. The summed E-state index contributed by atoms with van der Waals surface area (Å²) in [6.07, 6.45) is 7.07. The molecule has 0 spiro atoms. The van der Waals surface area contributed by atoms with E-state index in [1.54, 1.807) is 0 Å². The highest BCUT2D eigenvalue weighted by Crippen LogP contribution is 2.29. The fraction of sp³-hybridized carbons (Fsp3) is 0.303. The van der Waals surface area contributed by atoms with E-state index in [2.05, 4.69) is 53.5 Å². The Kier molecular flexibility index (Phi) is 8.99. The van der Waals surface area contributed by atoms with Gasteiger partial charge in [-0.3, -0.25) is 4.90 Å². The first-order valence-corrected chi connectivity index (χ1v) is 13.9. The van der Waals surface area contributed by atoms with E-state index in [1.165, 1.54) is 32.4 Å². The number of piperidine rings is 1. The van der Waals surface area contributed by atoms with Crippen LogP contribution in [0.15, 0.2) is 60.7 Å². The van der Waals surface area contributed by atoms with Gasteiger partial charge in [0.05, 0.1) is 6.61 Å². The van der Waals surface area contributed by atoms with Crippen LogP contribution in [0.25, 0.3) is 18.2 Å². The number of hydrogen-bond donors (Lipinski definition) is 2. The summed E-state index contributed by atoms with van der Waals surface area (Å²) in [5, 5.41) is 22.2. The Hall–Kier alpha value is -4.08. The molecule has 1 atom stereocenters. The molecule has 0 amide bonds. The van der Waals surface area contributed by atoms with Gasteiger partial charge in [-0.15, -0.1) is 0 Å². The summed E-state index contributed by atoms with van der Waals surface area (Å²) in [5.74, 6) is -1.56. The van der Waals surface area contributed by atoms with E-state index < -0.39 is 12.1 Å². The van der Waals surface area contributed by atoms with Crippen LogP contribution in [0.5, 0.6) is 11.5 Å². The first-order valence-electron chi connectivity index (χ1n) is 13.9. The third-order valence-electron chi connectivity index (χ3n) is 7.57. The highest BCUT2D eigenvalue weighted by Gasteiger charge is 2.38. The lowest BCUT2D eigenvalue weighted by molar-refractivity contribution is -0.192. The van der Waals surface area contributed by atoms with Gasteiger partial charge in [0, 0.05) is 11.8 Å². The second-order valence-electron chi connectivity index (χ2n) is 10.4. The van der Waals surface area contributed by atoms with Crippen LogP contribution in [0.2, 0.25) is 0 Å². The van der Waals surface area contributed by atoms with Gasteiger partial charge in [-0.2, -0.15) is 13.2 Å². The van der Waals surface area contributed by atoms with Crippen LogP contribution in [0.3, 0.4) is 0 Å². The van der Waals surface area contributed by atoms with Gasteiger partial charge in [0.25, 0.3) is 0 Å². The number of benzene rings is 3. The fourth-order valence-electron chi connectivity index (χ4n) is 5.45. The van der Waals surface area contributed by atoms with Gasteiger partial charge in [-0.05, 0) is 82.6 Å². The number of carboxylic acids is 1. The predicted molar refractivity (Wildman–Crippen MR) is 153 cm³/mol. The Morgan fingerprint density at radius 1 is 1.02 bits per heavy atom. The van der Waals surface area contributed by atoms with E-state index >= 15 is 0 Å². The Labute approximate surface area is 240 Å². The quantitative estimate of drug-likeness (QED) is 0.441. The summed E-state index contributed by atoms with van der Waals surface area (Å²) in [6.45, 7) is 4.59. The number of allylic oxidation sites excluding steroid dienone is 1. The minimum atomic E-state index is -5.08. The molecule has 3 aliphatic rings. The summed E-state index contributed by atoms with van der Waals surface area (Å²) in [7, 11) is 0. The number of carboxylic acid groups (broad SMARTS) is 1. The maximum Gasteiger partial charge on any atom is 0.490 e. The monoisotopic (exact) mass is 579 g/mol. The molecule has 0 saturated carbocycles. The van der Waals surface area contributed by atoms with Crippen molar-refractivity contribution >= 4 is 24.2 Å². The molecule has 1 aliphatic carbocycles. The molecule has 2 N–H and O–H groups in total. The maximum atomic E-state index is 11.0. The summed E-state index contributed by atoms with van der Waals surface area (Å²) in [5.41, 5.74) is 3.24. The normalized spacial score (nSPS) is 17.6. The molecule has 0 radical (unpaired) electrons. The number of rotatable bonds is 5. The lowest BCUT2D eigenvalue weighted by Gasteiger charge is -2.26. The van der Waals surface area contributed by atoms with Crippen LogP contribution in [0, 0.1) is 10.4 Å². The van der Waals surface area contributed by atoms with Gasteiger partial charge in [0.2, 0.25) is 0 Å². The van der Waals surface area contributed by atoms with Crippen LogP contribution in [-0.4, -0.2) is 53.5 Å². The van der Waals surface area contributed by atoms with Crippen molar-refractivity contribution in [3.05, 3.63) is 98.2 Å². The molecular weight excluding hydrogens is 547 g/mol. The average Bonchev–Trinajstić information content (AvgIpc) is 3.18. The minimum absolute atomic E-state index is 0.157. The zero-order chi connectivity index (χ0) is 29.7. The van der Waals surface area contributed by atoms with Gasteiger partial charge >= 0.3 is 12.1 Å². The molecule has 6 rings (SSSR count). The minimum Gasteiger partial charge on any atom is -0.507 e. The number of aliphatic carboxylic acids is 1. The number of likely N-dealkylation sites (tertiary alicyclic amines) is 1. The molecule has 220 valence electrons. The van der Waals surface area contributed by atoms with Crippen molar-refractivity contribution in [2.24, 2.45) is 0 Å². The largest absolute Gasteiger partial charge is 0.507 e. The SMILES string of the molecule is O=C(O)C(F)(F)F.Oc1cc2c(c3c1=c1ccccc1=CC=C3)COC(c1ccc(OCCN3CCCCC3)cc1)C=2. The topological polar surface area (TPSA) is 79.2 Å². The first kappa shape index (κ1) is 29.4. The van der Waals surface area contributed by atoms with E-state index in [4.69, 9.17) is 19.4 Å². The van der Waals surface area contributed by atoms with E-state index in [0.29, 0.717) is 12.4 Å². The Bertz CT molecular complexity index is 1680.